The third-order valence-electron chi connectivity index (χ3n) is 2.94. The average molecular weight is 218 g/mol. The Morgan fingerprint density at radius 2 is 2.19 bits per heavy atom. The van der Waals surface area contributed by atoms with Crippen LogP contribution < -0.4 is 5.73 Å². The predicted molar refractivity (Wildman–Crippen MR) is 66.7 cm³/mol. The molecule has 3 heteroatoms. The summed E-state index contributed by atoms with van der Waals surface area (Å²) in [6, 6.07) is 7.80. The fourth-order valence-electron chi connectivity index (χ4n) is 2.21. The van der Waals surface area contributed by atoms with Crippen molar-refractivity contribution in [2.45, 2.75) is 26.3 Å². The molecule has 3 N–H and O–H groups in total. The lowest BCUT2D eigenvalue weighted by molar-refractivity contribution is 0.477. The molecular formula is C13H18N2O. The van der Waals surface area contributed by atoms with Gasteiger partial charge in [-0.2, -0.15) is 0 Å². The van der Waals surface area contributed by atoms with Gasteiger partial charge in [-0.25, -0.2) is 0 Å². The predicted octanol–water partition coefficient (Wildman–Crippen LogP) is 2.26. The van der Waals surface area contributed by atoms with Crippen LogP contribution in [0.3, 0.4) is 0 Å². The Balaban J connectivity index is 2.53. The highest BCUT2D eigenvalue weighted by Gasteiger charge is 2.09. The van der Waals surface area contributed by atoms with Crippen LogP contribution in [-0.4, -0.2) is 16.2 Å². The van der Waals surface area contributed by atoms with Gasteiger partial charge in [0.05, 0.1) is 5.52 Å². The third kappa shape index (κ3) is 1.78. The molecule has 0 aliphatic carbocycles. The quantitative estimate of drug-likeness (QED) is 0.827. The number of phenolic OH excluding ortho intramolecular Hbond substituents is 1. The van der Waals surface area contributed by atoms with E-state index in [-0.39, 0.29) is 0 Å². The summed E-state index contributed by atoms with van der Waals surface area (Å²) in [6.07, 6.45) is 1.95. The number of nitrogens with zero attached hydrogens (tertiary/aromatic N) is 1. The van der Waals surface area contributed by atoms with Gasteiger partial charge in [-0.1, -0.05) is 12.1 Å². The Hall–Kier alpha value is -1.48. The second-order valence-corrected chi connectivity index (χ2v) is 3.99. The number of aromatic hydroxyl groups is 1. The van der Waals surface area contributed by atoms with Crippen LogP contribution in [0.2, 0.25) is 0 Å². The lowest BCUT2D eigenvalue weighted by Gasteiger charge is -2.08. The number of aryl methyl sites for hydroxylation is 2. The zero-order valence-corrected chi connectivity index (χ0v) is 9.61. The standard InChI is InChI=1S/C13H18N2O/c1-2-15-11(6-4-8-14)9-10-5-3-7-12(16)13(10)15/h3,5,7,9,16H,2,4,6,8,14H2,1H3. The van der Waals surface area contributed by atoms with Gasteiger partial charge in [-0.3, -0.25) is 0 Å². The molecule has 0 aliphatic heterocycles. The van der Waals surface area contributed by atoms with E-state index in [2.05, 4.69) is 17.6 Å². The zero-order chi connectivity index (χ0) is 11.5. The molecule has 1 heterocycles. The topological polar surface area (TPSA) is 51.2 Å². The Labute approximate surface area is 95.5 Å². The molecule has 0 spiro atoms. The Morgan fingerprint density at radius 3 is 2.88 bits per heavy atom. The SMILES string of the molecule is CCn1c(CCCN)cc2cccc(O)c21. The van der Waals surface area contributed by atoms with Gasteiger partial charge in [0.1, 0.15) is 5.75 Å². The Morgan fingerprint density at radius 1 is 1.38 bits per heavy atom. The fraction of sp³-hybridized carbons (Fsp3) is 0.385. The number of aromatic nitrogens is 1. The highest BCUT2D eigenvalue weighted by molar-refractivity contribution is 5.86. The molecule has 86 valence electrons. The van der Waals surface area contributed by atoms with Crippen molar-refractivity contribution in [2.24, 2.45) is 5.73 Å². The third-order valence-corrected chi connectivity index (χ3v) is 2.94. The lowest BCUT2D eigenvalue weighted by Crippen LogP contribution is -2.05. The van der Waals surface area contributed by atoms with Crippen molar-refractivity contribution in [3.63, 3.8) is 0 Å². The second kappa shape index (κ2) is 4.58. The molecule has 0 aliphatic rings. The minimum atomic E-state index is 0.360. The molecule has 0 saturated heterocycles. The van der Waals surface area contributed by atoms with Crippen molar-refractivity contribution in [1.29, 1.82) is 0 Å². The van der Waals surface area contributed by atoms with Gasteiger partial charge in [0.2, 0.25) is 0 Å². The summed E-state index contributed by atoms with van der Waals surface area (Å²) in [4.78, 5) is 0. The van der Waals surface area contributed by atoms with E-state index < -0.39 is 0 Å². The number of rotatable bonds is 4. The average Bonchev–Trinajstić information content (AvgIpc) is 2.65. The van der Waals surface area contributed by atoms with Gasteiger partial charge in [0.15, 0.2) is 0 Å². The Kier molecular flexibility index (Phi) is 3.15. The van der Waals surface area contributed by atoms with Gasteiger partial charge in [0.25, 0.3) is 0 Å². The zero-order valence-electron chi connectivity index (χ0n) is 9.61. The van der Waals surface area contributed by atoms with E-state index in [4.69, 9.17) is 5.73 Å². The van der Waals surface area contributed by atoms with Crippen LogP contribution in [0.25, 0.3) is 10.9 Å². The number of hydrogen-bond acceptors (Lipinski definition) is 2. The van der Waals surface area contributed by atoms with E-state index in [1.807, 2.05) is 12.1 Å². The van der Waals surface area contributed by atoms with Crippen LogP contribution in [0.5, 0.6) is 5.75 Å². The molecule has 0 atom stereocenters. The van der Waals surface area contributed by atoms with Crippen molar-refractivity contribution in [2.75, 3.05) is 6.54 Å². The molecule has 0 saturated carbocycles. The fourth-order valence-corrected chi connectivity index (χ4v) is 2.21. The number of nitrogens with two attached hydrogens (primary N) is 1. The molecule has 0 fully saturated rings. The number of hydrogen-bond donors (Lipinski definition) is 2. The summed E-state index contributed by atoms with van der Waals surface area (Å²) < 4.78 is 2.17. The van der Waals surface area contributed by atoms with Crippen molar-refractivity contribution in [1.82, 2.24) is 4.57 Å². The lowest BCUT2D eigenvalue weighted by atomic mass is 10.2. The van der Waals surface area contributed by atoms with Crippen LogP contribution in [0.4, 0.5) is 0 Å². The van der Waals surface area contributed by atoms with E-state index in [0.717, 1.165) is 30.3 Å². The number of phenols is 1. The van der Waals surface area contributed by atoms with Crippen LogP contribution in [0.1, 0.15) is 19.0 Å². The Bertz CT molecular complexity index is 488. The highest BCUT2D eigenvalue weighted by atomic mass is 16.3. The first kappa shape index (κ1) is 11.0. The van der Waals surface area contributed by atoms with E-state index >= 15 is 0 Å². The first-order chi connectivity index (χ1) is 7.77. The minimum absolute atomic E-state index is 0.360. The van der Waals surface area contributed by atoms with Crippen LogP contribution in [0.15, 0.2) is 24.3 Å². The second-order valence-electron chi connectivity index (χ2n) is 3.99. The van der Waals surface area contributed by atoms with E-state index in [1.165, 1.54) is 5.69 Å². The first-order valence-corrected chi connectivity index (χ1v) is 5.78. The molecule has 3 nitrogen and oxygen atoms in total. The van der Waals surface area contributed by atoms with E-state index in [9.17, 15) is 5.11 Å². The largest absolute Gasteiger partial charge is 0.506 e. The molecule has 1 aromatic carbocycles. The maximum atomic E-state index is 9.88. The van der Waals surface area contributed by atoms with E-state index in [0.29, 0.717) is 12.3 Å². The molecule has 0 radical (unpaired) electrons. The summed E-state index contributed by atoms with van der Waals surface area (Å²) >= 11 is 0. The summed E-state index contributed by atoms with van der Waals surface area (Å²) in [5.41, 5.74) is 7.73. The van der Waals surface area contributed by atoms with Crippen LogP contribution in [-0.2, 0) is 13.0 Å². The molecule has 0 unspecified atom stereocenters. The van der Waals surface area contributed by atoms with Crippen molar-refractivity contribution in [3.8, 4) is 5.75 Å². The highest BCUT2D eigenvalue weighted by Crippen LogP contribution is 2.28. The van der Waals surface area contributed by atoms with Gasteiger partial charge in [-0.15, -0.1) is 0 Å². The summed E-state index contributed by atoms with van der Waals surface area (Å²) in [6.45, 7) is 3.68. The number of para-hydroxylation sites is 1. The molecule has 16 heavy (non-hydrogen) atoms. The monoisotopic (exact) mass is 218 g/mol. The molecule has 2 aromatic rings. The van der Waals surface area contributed by atoms with Gasteiger partial charge < -0.3 is 15.4 Å². The molecule has 2 rings (SSSR count). The minimum Gasteiger partial charge on any atom is -0.506 e. The molecular weight excluding hydrogens is 200 g/mol. The first-order valence-electron chi connectivity index (χ1n) is 5.78. The van der Waals surface area contributed by atoms with Gasteiger partial charge in [-0.05, 0) is 38.4 Å². The van der Waals surface area contributed by atoms with Gasteiger partial charge >= 0.3 is 0 Å². The van der Waals surface area contributed by atoms with Gasteiger partial charge in [0, 0.05) is 17.6 Å². The summed E-state index contributed by atoms with van der Waals surface area (Å²) in [5, 5.41) is 11.0. The number of fused-ring (bicyclic) bond motifs is 1. The summed E-state index contributed by atoms with van der Waals surface area (Å²) in [7, 11) is 0. The maximum absolute atomic E-state index is 9.88. The maximum Gasteiger partial charge on any atom is 0.139 e. The van der Waals surface area contributed by atoms with Crippen molar-refractivity contribution in [3.05, 3.63) is 30.0 Å². The molecule has 1 aromatic heterocycles. The normalized spacial score (nSPS) is 11.1. The summed E-state index contributed by atoms with van der Waals surface area (Å²) in [5.74, 6) is 0.360. The van der Waals surface area contributed by atoms with Crippen LogP contribution >= 0.6 is 0 Å². The smallest absolute Gasteiger partial charge is 0.139 e. The van der Waals surface area contributed by atoms with Crippen molar-refractivity contribution >= 4 is 10.9 Å². The molecule has 0 amide bonds. The molecule has 0 bridgehead atoms. The van der Waals surface area contributed by atoms with E-state index in [1.54, 1.807) is 6.07 Å². The number of benzene rings is 1. The van der Waals surface area contributed by atoms with Crippen LogP contribution in [0, 0.1) is 0 Å². The van der Waals surface area contributed by atoms with Crippen molar-refractivity contribution < 1.29 is 5.11 Å².